The Hall–Kier alpha value is -4.31. The normalized spacial score (nSPS) is 10.8. The van der Waals surface area contributed by atoms with Gasteiger partial charge in [-0.3, -0.25) is 4.79 Å². The van der Waals surface area contributed by atoms with E-state index < -0.39 is 5.91 Å². The second kappa shape index (κ2) is 11.3. The van der Waals surface area contributed by atoms with Crippen molar-refractivity contribution in [2.75, 3.05) is 19.0 Å². The molecule has 0 aliphatic rings. The van der Waals surface area contributed by atoms with Gasteiger partial charge in [0.15, 0.2) is 11.5 Å². The van der Waals surface area contributed by atoms with Gasteiger partial charge in [-0.2, -0.15) is 5.26 Å². The van der Waals surface area contributed by atoms with Crippen molar-refractivity contribution in [2.24, 2.45) is 0 Å². The Kier molecular flexibility index (Phi) is 8.03. The van der Waals surface area contributed by atoms with Crippen molar-refractivity contribution in [1.29, 1.82) is 5.26 Å². The summed E-state index contributed by atoms with van der Waals surface area (Å²) in [7, 11) is 1.55. The monoisotopic (exact) mass is 446 g/mol. The van der Waals surface area contributed by atoms with Crippen LogP contribution in [0.4, 0.5) is 10.1 Å². The predicted octanol–water partition coefficient (Wildman–Crippen LogP) is 5.36. The lowest BCUT2D eigenvalue weighted by Gasteiger charge is -2.13. The van der Waals surface area contributed by atoms with Gasteiger partial charge in [-0.05, 0) is 72.7 Å². The molecule has 3 aromatic carbocycles. The van der Waals surface area contributed by atoms with Crippen LogP contribution in [-0.2, 0) is 11.4 Å². The Balaban J connectivity index is 1.76. The molecule has 0 aliphatic carbocycles. The minimum Gasteiger partial charge on any atom is -0.497 e. The van der Waals surface area contributed by atoms with Crippen LogP contribution in [0.2, 0.25) is 0 Å². The highest BCUT2D eigenvalue weighted by Crippen LogP contribution is 2.30. The van der Waals surface area contributed by atoms with Gasteiger partial charge >= 0.3 is 0 Å². The summed E-state index contributed by atoms with van der Waals surface area (Å²) in [4.78, 5) is 12.5. The second-order valence-electron chi connectivity index (χ2n) is 6.91. The third-order valence-electron chi connectivity index (χ3n) is 4.57. The molecule has 0 heterocycles. The number of hydrogen-bond donors (Lipinski definition) is 1. The molecule has 7 heteroatoms. The smallest absolute Gasteiger partial charge is 0.266 e. The Morgan fingerprint density at radius 2 is 1.85 bits per heavy atom. The Labute approximate surface area is 191 Å². The molecule has 0 fully saturated rings. The van der Waals surface area contributed by atoms with Gasteiger partial charge in [0.1, 0.15) is 29.8 Å². The molecule has 6 nitrogen and oxygen atoms in total. The molecule has 3 rings (SSSR count). The van der Waals surface area contributed by atoms with E-state index in [1.54, 1.807) is 61.7 Å². The summed E-state index contributed by atoms with van der Waals surface area (Å²) >= 11 is 0. The van der Waals surface area contributed by atoms with Gasteiger partial charge in [0.2, 0.25) is 0 Å². The average Bonchev–Trinajstić information content (AvgIpc) is 2.82. The van der Waals surface area contributed by atoms with Crippen molar-refractivity contribution < 1.29 is 23.4 Å². The van der Waals surface area contributed by atoms with Crippen LogP contribution in [0.25, 0.3) is 6.08 Å². The van der Waals surface area contributed by atoms with Crippen molar-refractivity contribution in [3.63, 3.8) is 0 Å². The number of ether oxygens (including phenoxy) is 3. The zero-order valence-electron chi connectivity index (χ0n) is 18.3. The first kappa shape index (κ1) is 23.4. The predicted molar refractivity (Wildman–Crippen MR) is 124 cm³/mol. The topological polar surface area (TPSA) is 80.6 Å². The van der Waals surface area contributed by atoms with E-state index in [0.717, 1.165) is 0 Å². The molecule has 0 spiro atoms. The number of carbonyl (C=O) groups excluding carboxylic acids is 1. The zero-order chi connectivity index (χ0) is 23.6. The van der Waals surface area contributed by atoms with Crippen molar-refractivity contribution in [2.45, 2.75) is 13.5 Å². The number of benzene rings is 3. The molecule has 0 unspecified atom stereocenters. The number of nitrogens with zero attached hydrogens (tertiary/aromatic N) is 1. The summed E-state index contributed by atoms with van der Waals surface area (Å²) in [5, 5.41) is 12.2. The van der Waals surface area contributed by atoms with Crippen molar-refractivity contribution >= 4 is 17.7 Å². The van der Waals surface area contributed by atoms with Crippen LogP contribution in [0.3, 0.4) is 0 Å². The molecule has 3 aromatic rings. The number of amides is 1. The number of nitriles is 1. The SMILES string of the molecule is CCOc1cc(/C=C(/C#N)C(=O)Nc2ccc(OC)cc2)ccc1OCc1cccc(F)c1. The number of carbonyl (C=O) groups is 1. The molecule has 0 radical (unpaired) electrons. The molecule has 168 valence electrons. The van der Waals surface area contributed by atoms with Crippen LogP contribution in [0, 0.1) is 17.1 Å². The van der Waals surface area contributed by atoms with Gasteiger partial charge in [0.05, 0.1) is 13.7 Å². The largest absolute Gasteiger partial charge is 0.497 e. The third-order valence-corrected chi connectivity index (χ3v) is 4.57. The van der Waals surface area contributed by atoms with E-state index in [1.165, 1.54) is 18.2 Å². The Bertz CT molecular complexity index is 1180. The maximum absolute atomic E-state index is 13.4. The number of halogens is 1. The third kappa shape index (κ3) is 6.58. The van der Waals surface area contributed by atoms with Gasteiger partial charge in [-0.25, -0.2) is 4.39 Å². The molecule has 33 heavy (non-hydrogen) atoms. The van der Waals surface area contributed by atoms with Crippen LogP contribution in [0.5, 0.6) is 17.2 Å². The van der Waals surface area contributed by atoms with Gasteiger partial charge < -0.3 is 19.5 Å². The molecule has 0 saturated carbocycles. The molecular weight excluding hydrogens is 423 g/mol. The fraction of sp³-hybridized carbons (Fsp3) is 0.154. The number of anilines is 1. The highest BCUT2D eigenvalue weighted by molar-refractivity contribution is 6.09. The fourth-order valence-corrected chi connectivity index (χ4v) is 2.98. The summed E-state index contributed by atoms with van der Waals surface area (Å²) in [5.41, 5.74) is 1.75. The van der Waals surface area contributed by atoms with Crippen LogP contribution >= 0.6 is 0 Å². The first-order valence-electron chi connectivity index (χ1n) is 10.2. The number of rotatable bonds is 9. The van der Waals surface area contributed by atoms with E-state index in [-0.39, 0.29) is 18.0 Å². The minimum atomic E-state index is -0.535. The second-order valence-corrected chi connectivity index (χ2v) is 6.91. The van der Waals surface area contributed by atoms with Crippen molar-refractivity contribution in [3.8, 4) is 23.3 Å². The van der Waals surface area contributed by atoms with E-state index in [0.29, 0.717) is 40.7 Å². The van der Waals surface area contributed by atoms with Gasteiger partial charge in [-0.1, -0.05) is 18.2 Å². The zero-order valence-corrected chi connectivity index (χ0v) is 18.3. The van der Waals surface area contributed by atoms with Crippen molar-refractivity contribution in [1.82, 2.24) is 0 Å². The van der Waals surface area contributed by atoms with Crippen LogP contribution in [0.1, 0.15) is 18.1 Å². The summed E-state index contributed by atoms with van der Waals surface area (Å²) < 4.78 is 29.9. The van der Waals surface area contributed by atoms with Crippen molar-refractivity contribution in [3.05, 3.63) is 89.2 Å². The summed E-state index contributed by atoms with van der Waals surface area (Å²) in [6, 6.07) is 19.9. The standard InChI is InChI=1S/C26H23FN2O4/c1-3-32-25-15-18(7-12-24(25)33-17-19-5-4-6-21(27)14-19)13-20(16-28)26(30)29-22-8-10-23(31-2)11-9-22/h4-15H,3,17H2,1-2H3,(H,29,30)/b20-13-. The van der Waals surface area contributed by atoms with E-state index in [4.69, 9.17) is 14.2 Å². The molecule has 0 aliphatic heterocycles. The molecular formula is C26H23FN2O4. The molecule has 0 aromatic heterocycles. The average molecular weight is 446 g/mol. The molecule has 1 amide bonds. The van der Waals surface area contributed by atoms with Gasteiger partial charge in [-0.15, -0.1) is 0 Å². The lowest BCUT2D eigenvalue weighted by Crippen LogP contribution is -2.13. The van der Waals surface area contributed by atoms with E-state index in [9.17, 15) is 14.4 Å². The van der Waals surface area contributed by atoms with Gasteiger partial charge in [0.25, 0.3) is 5.91 Å². The van der Waals surface area contributed by atoms with Gasteiger partial charge in [0, 0.05) is 5.69 Å². The van der Waals surface area contributed by atoms with E-state index in [1.807, 2.05) is 13.0 Å². The summed E-state index contributed by atoms with van der Waals surface area (Å²) in [6.07, 6.45) is 1.47. The highest BCUT2D eigenvalue weighted by Gasteiger charge is 2.12. The van der Waals surface area contributed by atoms with E-state index >= 15 is 0 Å². The minimum absolute atomic E-state index is 0.0679. The number of nitrogens with one attached hydrogen (secondary N) is 1. The summed E-state index contributed by atoms with van der Waals surface area (Å²) in [6.45, 7) is 2.40. The highest BCUT2D eigenvalue weighted by atomic mass is 19.1. The van der Waals surface area contributed by atoms with Crippen LogP contribution in [0.15, 0.2) is 72.3 Å². The molecule has 0 bridgehead atoms. The quantitative estimate of drug-likeness (QED) is 0.354. The molecule has 0 saturated heterocycles. The molecule has 0 atom stereocenters. The number of methoxy groups -OCH3 is 1. The lowest BCUT2D eigenvalue weighted by molar-refractivity contribution is -0.112. The molecule has 1 N–H and O–H groups in total. The number of hydrogen-bond acceptors (Lipinski definition) is 5. The Morgan fingerprint density at radius 3 is 2.52 bits per heavy atom. The first-order valence-corrected chi connectivity index (χ1v) is 10.2. The van der Waals surface area contributed by atoms with E-state index in [2.05, 4.69) is 5.32 Å². The first-order chi connectivity index (χ1) is 16.0. The summed E-state index contributed by atoms with van der Waals surface area (Å²) in [5.74, 6) is 0.716. The maximum Gasteiger partial charge on any atom is 0.266 e. The van der Waals surface area contributed by atoms with Crippen LogP contribution in [-0.4, -0.2) is 19.6 Å². The fourth-order valence-electron chi connectivity index (χ4n) is 2.98. The maximum atomic E-state index is 13.4. The Morgan fingerprint density at radius 1 is 1.06 bits per heavy atom. The lowest BCUT2D eigenvalue weighted by atomic mass is 10.1. The van der Waals surface area contributed by atoms with Crippen LogP contribution < -0.4 is 19.5 Å².